The van der Waals surface area contributed by atoms with Crippen LogP contribution in [-0.4, -0.2) is 31.5 Å². The van der Waals surface area contributed by atoms with Gasteiger partial charge in [-0.25, -0.2) is 4.98 Å². The molecular formula is C22H16ClF3N4O. The first kappa shape index (κ1) is 21.0. The number of halogens is 4. The first-order valence-electron chi connectivity index (χ1n) is 9.43. The van der Waals surface area contributed by atoms with E-state index in [1.165, 1.54) is 0 Å². The number of hydrogen-bond donors (Lipinski definition) is 0. The van der Waals surface area contributed by atoms with Crippen molar-refractivity contribution in [2.24, 2.45) is 0 Å². The monoisotopic (exact) mass is 444 g/mol. The number of aromatic nitrogens is 4. The van der Waals surface area contributed by atoms with Gasteiger partial charge in [0, 0.05) is 30.2 Å². The molecule has 3 aromatic heterocycles. The zero-order valence-corrected chi connectivity index (χ0v) is 16.9. The third-order valence-corrected chi connectivity index (χ3v) is 4.95. The van der Waals surface area contributed by atoms with Gasteiger partial charge < -0.3 is 0 Å². The van der Waals surface area contributed by atoms with Crippen LogP contribution in [0.4, 0.5) is 13.2 Å². The second-order valence-electron chi connectivity index (χ2n) is 7.06. The Morgan fingerprint density at radius 3 is 2.61 bits per heavy atom. The number of rotatable bonds is 6. The molecular weight excluding hydrogens is 429 g/mol. The number of alkyl halides is 3. The van der Waals surface area contributed by atoms with Crippen LogP contribution in [0.15, 0.2) is 60.9 Å². The number of fused-ring (bicyclic) bond motifs is 1. The molecule has 0 amide bonds. The van der Waals surface area contributed by atoms with E-state index in [-0.39, 0.29) is 6.42 Å². The summed E-state index contributed by atoms with van der Waals surface area (Å²) >= 11 is 5.79. The van der Waals surface area contributed by atoms with Crippen LogP contribution in [0.2, 0.25) is 5.15 Å². The Bertz CT molecular complexity index is 1240. The number of ketones is 1. The van der Waals surface area contributed by atoms with Gasteiger partial charge in [-0.15, -0.1) is 10.2 Å². The topological polar surface area (TPSA) is 60.2 Å². The van der Waals surface area contributed by atoms with E-state index in [1.54, 1.807) is 36.5 Å². The number of carbonyl (C=O) groups is 1. The predicted molar refractivity (Wildman–Crippen MR) is 111 cm³/mol. The summed E-state index contributed by atoms with van der Waals surface area (Å²) in [6, 6.07) is 14.3. The molecule has 0 atom stereocenters. The highest BCUT2D eigenvalue weighted by molar-refractivity contribution is 6.29. The standard InChI is InChI=1S/C22H16ClF3N4O/c23-20-5-4-18(28-29-20)15-7-9-30-19(13-27-21(30)12-15)16-3-1-2-14(10-16)11-17(31)6-8-22(24,25)26/h1-5,7,9-10,12-13H,6,8,11H2. The number of carbonyl (C=O) groups excluding carboxylic acids is 1. The molecule has 5 nitrogen and oxygen atoms in total. The molecule has 0 aliphatic heterocycles. The molecule has 4 rings (SSSR count). The molecule has 9 heteroatoms. The fourth-order valence-electron chi connectivity index (χ4n) is 3.26. The van der Waals surface area contributed by atoms with Crippen LogP contribution in [-0.2, 0) is 11.2 Å². The summed E-state index contributed by atoms with van der Waals surface area (Å²) in [6.45, 7) is 0. The molecule has 0 aliphatic carbocycles. The van der Waals surface area contributed by atoms with Gasteiger partial charge in [0.15, 0.2) is 5.15 Å². The zero-order valence-electron chi connectivity index (χ0n) is 16.1. The third-order valence-electron chi connectivity index (χ3n) is 4.75. The summed E-state index contributed by atoms with van der Waals surface area (Å²) < 4.78 is 38.9. The van der Waals surface area contributed by atoms with Crippen molar-refractivity contribution >= 4 is 23.0 Å². The average molecular weight is 445 g/mol. The Balaban J connectivity index is 1.57. The lowest BCUT2D eigenvalue weighted by molar-refractivity contribution is -0.143. The highest BCUT2D eigenvalue weighted by Gasteiger charge is 2.27. The molecule has 0 bridgehead atoms. The minimum absolute atomic E-state index is 0.0416. The normalized spacial score (nSPS) is 11.7. The summed E-state index contributed by atoms with van der Waals surface area (Å²) in [5, 5.41) is 8.22. The smallest absolute Gasteiger partial charge is 0.300 e. The fourth-order valence-corrected chi connectivity index (χ4v) is 3.36. The average Bonchev–Trinajstić information content (AvgIpc) is 3.16. The van der Waals surface area contributed by atoms with E-state index in [9.17, 15) is 18.0 Å². The van der Waals surface area contributed by atoms with Gasteiger partial charge in [0.05, 0.1) is 24.0 Å². The second kappa shape index (κ2) is 8.47. The molecule has 0 saturated heterocycles. The SMILES string of the molecule is O=C(CCC(F)(F)F)Cc1cccc(-c2cnc3cc(-c4ccc(Cl)nn4)ccn23)c1. The Morgan fingerprint density at radius 1 is 1.03 bits per heavy atom. The molecule has 158 valence electrons. The number of hydrogen-bond acceptors (Lipinski definition) is 4. The summed E-state index contributed by atoms with van der Waals surface area (Å²) in [5.74, 6) is -0.443. The van der Waals surface area contributed by atoms with Crippen LogP contribution >= 0.6 is 11.6 Å². The van der Waals surface area contributed by atoms with E-state index in [0.717, 1.165) is 16.8 Å². The Hall–Kier alpha value is -3.26. The maximum atomic E-state index is 12.3. The van der Waals surface area contributed by atoms with E-state index in [4.69, 9.17) is 11.6 Å². The van der Waals surface area contributed by atoms with Crippen molar-refractivity contribution < 1.29 is 18.0 Å². The first-order valence-corrected chi connectivity index (χ1v) is 9.81. The van der Waals surface area contributed by atoms with Crippen molar-refractivity contribution in [3.63, 3.8) is 0 Å². The van der Waals surface area contributed by atoms with E-state index in [2.05, 4.69) is 15.2 Å². The van der Waals surface area contributed by atoms with Crippen LogP contribution < -0.4 is 0 Å². The van der Waals surface area contributed by atoms with E-state index in [0.29, 0.717) is 22.1 Å². The van der Waals surface area contributed by atoms with Gasteiger partial charge in [-0.3, -0.25) is 9.20 Å². The van der Waals surface area contributed by atoms with Crippen LogP contribution in [0, 0.1) is 0 Å². The highest BCUT2D eigenvalue weighted by atomic mass is 35.5. The van der Waals surface area contributed by atoms with Crippen LogP contribution in [0.1, 0.15) is 18.4 Å². The molecule has 0 aliphatic rings. The van der Waals surface area contributed by atoms with Crippen LogP contribution in [0.3, 0.4) is 0 Å². The van der Waals surface area contributed by atoms with Gasteiger partial charge >= 0.3 is 6.18 Å². The van der Waals surface area contributed by atoms with E-state index >= 15 is 0 Å². The zero-order chi connectivity index (χ0) is 22.0. The summed E-state index contributed by atoms with van der Waals surface area (Å²) in [7, 11) is 0. The maximum Gasteiger partial charge on any atom is 0.389 e. The Labute approximate surface area is 180 Å². The molecule has 0 spiro atoms. The Morgan fingerprint density at radius 2 is 1.87 bits per heavy atom. The molecule has 0 fully saturated rings. The number of nitrogens with zero attached hydrogens (tertiary/aromatic N) is 4. The van der Waals surface area contributed by atoms with Gasteiger partial charge in [0.2, 0.25) is 0 Å². The number of benzene rings is 1. The minimum Gasteiger partial charge on any atom is -0.300 e. The molecule has 3 heterocycles. The van der Waals surface area contributed by atoms with Crippen LogP contribution in [0.5, 0.6) is 0 Å². The summed E-state index contributed by atoms with van der Waals surface area (Å²) in [4.78, 5) is 16.4. The van der Waals surface area contributed by atoms with Gasteiger partial charge in [0.25, 0.3) is 0 Å². The predicted octanol–water partition coefficient (Wildman–Crippen LogP) is 5.57. The third kappa shape index (κ3) is 5.08. The molecule has 31 heavy (non-hydrogen) atoms. The van der Waals surface area contributed by atoms with Gasteiger partial charge in [-0.1, -0.05) is 29.8 Å². The molecule has 0 N–H and O–H groups in total. The summed E-state index contributed by atoms with van der Waals surface area (Å²) in [6.07, 6.45) is -2.43. The molecule has 1 aromatic carbocycles. The van der Waals surface area contributed by atoms with Gasteiger partial charge in [0.1, 0.15) is 11.4 Å². The van der Waals surface area contributed by atoms with Crippen molar-refractivity contribution in [1.82, 2.24) is 19.6 Å². The van der Waals surface area contributed by atoms with Gasteiger partial charge in [-0.2, -0.15) is 13.2 Å². The molecule has 4 aromatic rings. The largest absolute Gasteiger partial charge is 0.389 e. The number of imidazole rings is 1. The first-order chi connectivity index (χ1) is 14.8. The van der Waals surface area contributed by atoms with E-state index < -0.39 is 24.8 Å². The van der Waals surface area contributed by atoms with Gasteiger partial charge in [-0.05, 0) is 35.9 Å². The summed E-state index contributed by atoms with van der Waals surface area (Å²) in [5.41, 5.74) is 4.46. The minimum atomic E-state index is -4.33. The maximum absolute atomic E-state index is 12.3. The molecule has 0 saturated carbocycles. The van der Waals surface area contributed by atoms with Crippen molar-refractivity contribution in [3.05, 3.63) is 71.6 Å². The highest BCUT2D eigenvalue weighted by Crippen LogP contribution is 2.26. The second-order valence-corrected chi connectivity index (χ2v) is 7.45. The molecule has 0 unspecified atom stereocenters. The Kier molecular flexibility index (Phi) is 5.73. The molecule has 0 radical (unpaired) electrons. The fraction of sp³-hybridized carbons (Fsp3) is 0.182. The van der Waals surface area contributed by atoms with Crippen LogP contribution in [0.25, 0.3) is 28.2 Å². The van der Waals surface area contributed by atoms with Crippen molar-refractivity contribution in [2.75, 3.05) is 0 Å². The van der Waals surface area contributed by atoms with Crippen molar-refractivity contribution in [1.29, 1.82) is 0 Å². The lowest BCUT2D eigenvalue weighted by atomic mass is 10.0. The number of Topliss-reactive ketones (excluding diaryl/α,β-unsaturated/α-hetero) is 1. The van der Waals surface area contributed by atoms with Crippen molar-refractivity contribution in [2.45, 2.75) is 25.4 Å². The lowest BCUT2D eigenvalue weighted by Crippen LogP contribution is -2.12. The number of pyridine rings is 1. The lowest BCUT2D eigenvalue weighted by Gasteiger charge is -2.08. The van der Waals surface area contributed by atoms with E-state index in [1.807, 2.05) is 28.8 Å². The van der Waals surface area contributed by atoms with Crippen molar-refractivity contribution in [3.8, 4) is 22.5 Å². The quantitative estimate of drug-likeness (QED) is 0.390.